The van der Waals surface area contributed by atoms with Crippen LogP contribution in [-0.4, -0.2) is 21.6 Å². The number of hydrogen-bond acceptors (Lipinski definition) is 3. The van der Waals surface area contributed by atoms with E-state index in [0.29, 0.717) is 11.4 Å². The van der Waals surface area contributed by atoms with Crippen molar-refractivity contribution < 1.29 is 14.0 Å². The number of para-hydroxylation sites is 1. The third-order valence-corrected chi connectivity index (χ3v) is 3.95. The number of nitrogens with zero attached hydrogens (tertiary/aromatic N) is 2. The van der Waals surface area contributed by atoms with Crippen LogP contribution in [0.15, 0.2) is 59.2 Å². The molecule has 132 valence electrons. The Morgan fingerprint density at radius 2 is 1.85 bits per heavy atom. The molecule has 0 fully saturated rings. The molecular weight excluding hydrogens is 403 g/mol. The molecule has 26 heavy (non-hydrogen) atoms. The molecule has 0 atom stereocenters. The van der Waals surface area contributed by atoms with Crippen molar-refractivity contribution in [1.82, 2.24) is 9.78 Å². The molecule has 0 saturated carbocycles. The van der Waals surface area contributed by atoms with Gasteiger partial charge in [0, 0.05) is 17.6 Å². The summed E-state index contributed by atoms with van der Waals surface area (Å²) in [7, 11) is 0. The van der Waals surface area contributed by atoms with E-state index in [2.05, 4.69) is 31.7 Å². The first-order chi connectivity index (χ1) is 12.4. The smallest absolute Gasteiger partial charge is 0.276 e. The summed E-state index contributed by atoms with van der Waals surface area (Å²) in [6.45, 7) is 1.38. The molecule has 2 aromatic carbocycles. The van der Waals surface area contributed by atoms with Crippen LogP contribution >= 0.6 is 15.9 Å². The van der Waals surface area contributed by atoms with Crippen molar-refractivity contribution in [2.45, 2.75) is 6.92 Å². The topological polar surface area (TPSA) is 76.0 Å². The minimum atomic E-state index is -0.482. The van der Waals surface area contributed by atoms with E-state index in [-0.39, 0.29) is 17.3 Å². The number of halogens is 2. The van der Waals surface area contributed by atoms with Crippen molar-refractivity contribution in [3.63, 3.8) is 0 Å². The first-order valence-corrected chi connectivity index (χ1v) is 8.42. The molecule has 0 spiro atoms. The fraction of sp³-hybridized carbons (Fsp3) is 0.0556. The van der Waals surface area contributed by atoms with Gasteiger partial charge in [-0.15, -0.1) is 0 Å². The zero-order valence-corrected chi connectivity index (χ0v) is 15.2. The van der Waals surface area contributed by atoms with Crippen LogP contribution in [0, 0.1) is 5.82 Å². The number of carbonyl (C=O) groups is 2. The second kappa shape index (κ2) is 7.49. The average Bonchev–Trinajstić information content (AvgIpc) is 3.07. The molecule has 8 heteroatoms. The molecule has 0 aliphatic carbocycles. The van der Waals surface area contributed by atoms with Crippen molar-refractivity contribution in [3.8, 4) is 5.69 Å². The van der Waals surface area contributed by atoms with Crippen LogP contribution in [0.25, 0.3) is 5.69 Å². The molecule has 0 saturated heterocycles. The van der Waals surface area contributed by atoms with Crippen LogP contribution in [0.2, 0.25) is 0 Å². The summed E-state index contributed by atoms with van der Waals surface area (Å²) in [6, 6.07) is 12.7. The van der Waals surface area contributed by atoms with Gasteiger partial charge < -0.3 is 10.6 Å². The molecule has 0 radical (unpaired) electrons. The Hall–Kier alpha value is -3.00. The molecule has 1 heterocycles. The van der Waals surface area contributed by atoms with Gasteiger partial charge in [-0.2, -0.15) is 5.10 Å². The van der Waals surface area contributed by atoms with Crippen molar-refractivity contribution >= 4 is 39.1 Å². The van der Waals surface area contributed by atoms with E-state index in [1.807, 2.05) is 0 Å². The Bertz CT molecular complexity index is 987. The maximum absolute atomic E-state index is 13.8. The van der Waals surface area contributed by atoms with Crippen molar-refractivity contribution in [2.75, 3.05) is 10.6 Å². The van der Waals surface area contributed by atoms with Crippen molar-refractivity contribution in [2.24, 2.45) is 0 Å². The minimum absolute atomic E-state index is 0.113. The van der Waals surface area contributed by atoms with Crippen LogP contribution in [0.3, 0.4) is 0 Å². The van der Waals surface area contributed by atoms with E-state index in [0.717, 1.165) is 4.47 Å². The first kappa shape index (κ1) is 17.8. The molecule has 2 amide bonds. The fourth-order valence-electron chi connectivity index (χ4n) is 2.32. The van der Waals surface area contributed by atoms with Crippen LogP contribution in [-0.2, 0) is 4.79 Å². The highest BCUT2D eigenvalue weighted by Gasteiger charge is 2.14. The fourth-order valence-corrected chi connectivity index (χ4v) is 2.68. The number of rotatable bonds is 4. The van der Waals surface area contributed by atoms with E-state index in [4.69, 9.17) is 0 Å². The van der Waals surface area contributed by atoms with Gasteiger partial charge in [0.1, 0.15) is 11.5 Å². The van der Waals surface area contributed by atoms with E-state index < -0.39 is 11.7 Å². The van der Waals surface area contributed by atoms with Gasteiger partial charge in [-0.05, 0) is 36.4 Å². The number of aromatic nitrogens is 2. The Balaban J connectivity index is 1.85. The standard InChI is InChI=1S/C18H14BrFN4O2/c1-11(25)21-14-7-6-12(19)10-16(14)22-18(26)15-8-9-24(23-15)17-5-3-2-4-13(17)20/h2-10H,1H3,(H,21,25)(H,22,26). The molecule has 3 aromatic rings. The summed E-state index contributed by atoms with van der Waals surface area (Å²) in [5.74, 6) is -1.18. The second-order valence-electron chi connectivity index (χ2n) is 5.42. The highest BCUT2D eigenvalue weighted by atomic mass is 79.9. The highest BCUT2D eigenvalue weighted by Crippen LogP contribution is 2.26. The van der Waals surface area contributed by atoms with Crippen molar-refractivity contribution in [3.05, 3.63) is 70.7 Å². The average molecular weight is 417 g/mol. The van der Waals surface area contributed by atoms with Gasteiger partial charge in [0.25, 0.3) is 5.91 Å². The second-order valence-corrected chi connectivity index (χ2v) is 6.34. The monoisotopic (exact) mass is 416 g/mol. The highest BCUT2D eigenvalue weighted by molar-refractivity contribution is 9.10. The van der Waals surface area contributed by atoms with Crippen LogP contribution in [0.4, 0.5) is 15.8 Å². The molecule has 0 unspecified atom stereocenters. The predicted octanol–water partition coefficient (Wildman–Crippen LogP) is 3.98. The Morgan fingerprint density at radius 1 is 1.08 bits per heavy atom. The molecule has 0 aliphatic heterocycles. The Morgan fingerprint density at radius 3 is 2.58 bits per heavy atom. The lowest BCUT2D eigenvalue weighted by molar-refractivity contribution is -0.114. The number of nitrogens with one attached hydrogen (secondary N) is 2. The Labute approximate surface area is 157 Å². The summed E-state index contributed by atoms with van der Waals surface area (Å²) >= 11 is 3.33. The lowest BCUT2D eigenvalue weighted by Gasteiger charge is -2.11. The molecule has 6 nitrogen and oxygen atoms in total. The SMILES string of the molecule is CC(=O)Nc1ccc(Br)cc1NC(=O)c1ccn(-c2ccccc2F)n1. The first-order valence-electron chi connectivity index (χ1n) is 7.63. The molecule has 1 aromatic heterocycles. The maximum atomic E-state index is 13.8. The Kier molecular flexibility index (Phi) is 5.13. The summed E-state index contributed by atoms with van der Waals surface area (Å²) < 4.78 is 15.9. The largest absolute Gasteiger partial charge is 0.325 e. The van der Waals surface area contributed by atoms with Gasteiger partial charge in [-0.1, -0.05) is 28.1 Å². The lowest BCUT2D eigenvalue weighted by atomic mass is 10.2. The normalized spacial score (nSPS) is 10.4. The summed E-state index contributed by atoms with van der Waals surface area (Å²) in [5.41, 5.74) is 1.23. The minimum Gasteiger partial charge on any atom is -0.325 e. The number of hydrogen-bond donors (Lipinski definition) is 2. The zero-order valence-electron chi connectivity index (χ0n) is 13.7. The zero-order chi connectivity index (χ0) is 18.7. The van der Waals surface area contributed by atoms with E-state index in [9.17, 15) is 14.0 Å². The van der Waals surface area contributed by atoms with E-state index in [1.165, 1.54) is 29.9 Å². The van der Waals surface area contributed by atoms with Crippen molar-refractivity contribution in [1.29, 1.82) is 0 Å². The number of anilines is 2. The molecular formula is C18H14BrFN4O2. The predicted molar refractivity (Wildman–Crippen MR) is 99.9 cm³/mol. The number of carbonyl (C=O) groups excluding carboxylic acids is 2. The molecule has 2 N–H and O–H groups in total. The van der Waals surface area contributed by atoms with Gasteiger partial charge in [-0.3, -0.25) is 9.59 Å². The number of amides is 2. The summed E-state index contributed by atoms with van der Waals surface area (Å²) in [4.78, 5) is 23.8. The molecule has 3 rings (SSSR count). The van der Waals surface area contributed by atoms with Crippen LogP contribution < -0.4 is 10.6 Å². The van der Waals surface area contributed by atoms with Gasteiger partial charge >= 0.3 is 0 Å². The lowest BCUT2D eigenvalue weighted by Crippen LogP contribution is -2.16. The van der Waals surface area contributed by atoms with Gasteiger partial charge in [0.05, 0.1) is 11.4 Å². The quantitative estimate of drug-likeness (QED) is 0.674. The van der Waals surface area contributed by atoms with Gasteiger partial charge in [0.15, 0.2) is 5.69 Å². The van der Waals surface area contributed by atoms with E-state index in [1.54, 1.807) is 36.4 Å². The van der Waals surface area contributed by atoms with E-state index >= 15 is 0 Å². The molecule has 0 bridgehead atoms. The van der Waals surface area contributed by atoms with Crippen LogP contribution in [0.5, 0.6) is 0 Å². The van der Waals surface area contributed by atoms with Gasteiger partial charge in [0.2, 0.25) is 5.91 Å². The third-order valence-electron chi connectivity index (χ3n) is 3.46. The van der Waals surface area contributed by atoms with Gasteiger partial charge in [-0.25, -0.2) is 9.07 Å². The maximum Gasteiger partial charge on any atom is 0.276 e. The molecule has 0 aliphatic rings. The van der Waals surface area contributed by atoms with Crippen LogP contribution in [0.1, 0.15) is 17.4 Å². The number of benzene rings is 2. The summed E-state index contributed by atoms with van der Waals surface area (Å²) in [6.07, 6.45) is 1.50. The summed E-state index contributed by atoms with van der Waals surface area (Å²) in [5, 5.41) is 9.46. The third kappa shape index (κ3) is 3.97.